The monoisotopic (exact) mass is 663 g/mol. The molecular weight excluding hydrogens is 592 g/mol. The minimum atomic E-state index is 0.0259. The number of nitrogens with one attached hydrogen (secondary N) is 2. The van der Waals surface area contributed by atoms with Crippen molar-refractivity contribution in [3.8, 4) is 0 Å². The van der Waals surface area contributed by atoms with E-state index in [0.717, 1.165) is 65.1 Å². The summed E-state index contributed by atoms with van der Waals surface area (Å²) in [6.45, 7) is 33.0. The molecule has 0 aliphatic carbocycles. The van der Waals surface area contributed by atoms with Crippen LogP contribution in [0.25, 0.3) is 0 Å². The van der Waals surface area contributed by atoms with Gasteiger partial charge in [0, 0.05) is 60.7 Å². The van der Waals surface area contributed by atoms with Crippen LogP contribution >= 0.6 is 0 Å². The molecule has 2 fully saturated rings. The van der Waals surface area contributed by atoms with Gasteiger partial charge in [0.15, 0.2) is 0 Å². The fraction of sp³-hybridized carbons (Fsp3) is 0.714. The third-order valence-electron chi connectivity index (χ3n) is 9.95. The van der Waals surface area contributed by atoms with Gasteiger partial charge in [-0.25, -0.2) is 0 Å². The molecule has 4 rings (SSSR count). The van der Waals surface area contributed by atoms with Crippen molar-refractivity contribution in [3.05, 3.63) is 59.7 Å². The minimum absolute atomic E-state index is 0.0259. The summed E-state index contributed by atoms with van der Waals surface area (Å²) in [5.41, 5.74) is 5.74. The highest BCUT2D eigenvalue weighted by Crippen LogP contribution is 2.32. The minimum Gasteiger partial charge on any atom is -0.376 e. The van der Waals surface area contributed by atoms with E-state index in [9.17, 15) is 0 Å². The summed E-state index contributed by atoms with van der Waals surface area (Å²) in [4.78, 5) is 4.95. The van der Waals surface area contributed by atoms with E-state index in [1.54, 1.807) is 0 Å². The Bertz CT molecular complexity index is 1260. The zero-order valence-electron chi connectivity index (χ0n) is 32.7. The van der Waals surface area contributed by atoms with Crippen LogP contribution in [-0.4, -0.2) is 62.7 Å². The number of ether oxygens (including phenoxy) is 2. The van der Waals surface area contributed by atoms with Gasteiger partial charge in [-0.2, -0.15) is 0 Å². The van der Waals surface area contributed by atoms with Crippen LogP contribution in [0.4, 0.5) is 11.4 Å². The van der Waals surface area contributed by atoms with E-state index in [-0.39, 0.29) is 27.9 Å². The summed E-state index contributed by atoms with van der Waals surface area (Å²) in [5, 5.41) is 7.60. The molecule has 2 N–H and O–H groups in total. The maximum atomic E-state index is 6.56. The molecule has 2 aliphatic rings. The van der Waals surface area contributed by atoms with E-state index in [0.29, 0.717) is 18.2 Å². The molecule has 2 aromatic carbocycles. The fourth-order valence-electron chi connectivity index (χ4n) is 7.05. The number of nitrogens with zero attached hydrogens (tertiary/aromatic N) is 2. The second kappa shape index (κ2) is 15.8. The average molecular weight is 663 g/mol. The van der Waals surface area contributed by atoms with Crippen LogP contribution in [0.2, 0.25) is 0 Å². The normalized spacial score (nSPS) is 20.8. The van der Waals surface area contributed by atoms with E-state index in [4.69, 9.17) is 9.47 Å². The molecule has 48 heavy (non-hydrogen) atoms. The molecule has 270 valence electrons. The van der Waals surface area contributed by atoms with Gasteiger partial charge in [0.1, 0.15) is 0 Å². The lowest BCUT2D eigenvalue weighted by atomic mass is 9.83. The summed E-state index contributed by atoms with van der Waals surface area (Å²) in [5.74, 6) is 0. The number of rotatable bonds is 15. The molecule has 0 spiro atoms. The molecule has 0 amide bonds. The fourth-order valence-corrected chi connectivity index (χ4v) is 7.05. The van der Waals surface area contributed by atoms with Crippen molar-refractivity contribution in [3.63, 3.8) is 0 Å². The smallest absolute Gasteiger partial charge is 0.0767 e. The maximum Gasteiger partial charge on any atom is 0.0767 e. The zero-order valence-corrected chi connectivity index (χ0v) is 32.7. The van der Waals surface area contributed by atoms with E-state index in [2.05, 4.69) is 152 Å². The van der Waals surface area contributed by atoms with Gasteiger partial charge in [-0.15, -0.1) is 0 Å². The van der Waals surface area contributed by atoms with Gasteiger partial charge in [0.2, 0.25) is 0 Å². The van der Waals surface area contributed by atoms with Crippen LogP contribution in [0.15, 0.2) is 48.5 Å². The zero-order chi connectivity index (χ0) is 35.3. The topological polar surface area (TPSA) is 49.0 Å². The average Bonchev–Trinajstić information content (AvgIpc) is 3.67. The summed E-state index contributed by atoms with van der Waals surface area (Å²) < 4.78 is 12.8. The van der Waals surface area contributed by atoms with E-state index in [1.807, 2.05) is 0 Å². The lowest BCUT2D eigenvalue weighted by Crippen LogP contribution is -2.42. The third kappa shape index (κ3) is 12.3. The lowest BCUT2D eigenvalue weighted by Gasteiger charge is -2.35. The van der Waals surface area contributed by atoms with Crippen LogP contribution in [0.3, 0.4) is 0 Å². The summed E-state index contributed by atoms with van der Waals surface area (Å²) in [7, 11) is 0. The van der Waals surface area contributed by atoms with Crippen molar-refractivity contribution in [1.29, 1.82) is 0 Å². The Hall–Kier alpha value is -2.12. The SMILES string of the molecule is CC(NC(C)(C)C)c1ccc(N2CC[C@H](OCC(C)(C)CCC(C)(C)NC(C)c3ccc(N4CC[C@@H](OCC(C)(C)C)C4)cc3)C2)cc1. The van der Waals surface area contributed by atoms with Gasteiger partial charge in [0.05, 0.1) is 25.4 Å². The first-order valence-electron chi connectivity index (χ1n) is 18.8. The van der Waals surface area contributed by atoms with Crippen molar-refractivity contribution in [1.82, 2.24) is 10.6 Å². The Morgan fingerprint density at radius 3 is 1.50 bits per heavy atom. The van der Waals surface area contributed by atoms with E-state index >= 15 is 0 Å². The van der Waals surface area contributed by atoms with Crippen LogP contribution in [0.1, 0.15) is 132 Å². The Kier molecular flexibility index (Phi) is 12.8. The Morgan fingerprint density at radius 1 is 0.625 bits per heavy atom. The molecule has 2 aromatic rings. The van der Waals surface area contributed by atoms with Crippen LogP contribution in [0, 0.1) is 10.8 Å². The largest absolute Gasteiger partial charge is 0.376 e. The summed E-state index contributed by atoms with van der Waals surface area (Å²) in [6, 6.07) is 18.9. The summed E-state index contributed by atoms with van der Waals surface area (Å²) >= 11 is 0. The Labute approximate surface area is 294 Å². The predicted octanol–water partition coefficient (Wildman–Crippen LogP) is 9.31. The van der Waals surface area contributed by atoms with Gasteiger partial charge in [-0.3, -0.25) is 0 Å². The molecule has 2 saturated heterocycles. The van der Waals surface area contributed by atoms with Gasteiger partial charge >= 0.3 is 0 Å². The molecule has 2 unspecified atom stereocenters. The Morgan fingerprint density at radius 2 is 1.06 bits per heavy atom. The molecular formula is C42H70N4O2. The van der Waals surface area contributed by atoms with E-state index < -0.39 is 0 Å². The van der Waals surface area contributed by atoms with Crippen molar-refractivity contribution in [2.24, 2.45) is 10.8 Å². The molecule has 4 atom stereocenters. The van der Waals surface area contributed by atoms with Gasteiger partial charge < -0.3 is 29.9 Å². The van der Waals surface area contributed by atoms with Crippen molar-refractivity contribution < 1.29 is 9.47 Å². The predicted molar refractivity (Wildman–Crippen MR) is 205 cm³/mol. The first-order chi connectivity index (χ1) is 22.3. The third-order valence-corrected chi connectivity index (χ3v) is 9.95. The van der Waals surface area contributed by atoms with Crippen molar-refractivity contribution in [2.45, 2.75) is 144 Å². The Balaban J connectivity index is 1.18. The van der Waals surface area contributed by atoms with Gasteiger partial charge in [-0.1, -0.05) is 58.9 Å². The first-order valence-corrected chi connectivity index (χ1v) is 18.8. The number of anilines is 2. The van der Waals surface area contributed by atoms with Gasteiger partial charge in [0.25, 0.3) is 0 Å². The molecule has 0 radical (unpaired) electrons. The van der Waals surface area contributed by atoms with Gasteiger partial charge in [-0.05, 0) is 120 Å². The van der Waals surface area contributed by atoms with Crippen LogP contribution in [0.5, 0.6) is 0 Å². The molecule has 2 aliphatic heterocycles. The van der Waals surface area contributed by atoms with E-state index in [1.165, 1.54) is 22.5 Å². The van der Waals surface area contributed by atoms with Crippen LogP contribution < -0.4 is 20.4 Å². The highest BCUT2D eigenvalue weighted by atomic mass is 16.5. The molecule has 2 heterocycles. The number of benzene rings is 2. The standard InChI is InChI=1S/C42H70N4O2/c1-31(43-40(6,7)8)33-13-17-35(18-14-33)46-26-22-38(28-46)48-30-41(9,10)23-24-42(11,12)44-32(2)34-15-19-36(20-16-34)45-25-21-37(27-45)47-29-39(3,4)5/h13-20,31-32,37-38,43-44H,21-30H2,1-12H3/t31?,32?,37-,38+/m1/s1. The van der Waals surface area contributed by atoms with Crippen molar-refractivity contribution >= 4 is 11.4 Å². The molecule has 6 nitrogen and oxygen atoms in total. The number of hydrogen-bond acceptors (Lipinski definition) is 6. The second-order valence-corrected chi connectivity index (χ2v) is 18.6. The molecule has 0 aromatic heterocycles. The molecule has 0 saturated carbocycles. The summed E-state index contributed by atoms with van der Waals surface area (Å²) in [6.07, 6.45) is 5.04. The quantitative estimate of drug-likeness (QED) is 0.198. The number of hydrogen-bond donors (Lipinski definition) is 2. The van der Waals surface area contributed by atoms with Crippen molar-refractivity contribution in [2.75, 3.05) is 49.2 Å². The highest BCUT2D eigenvalue weighted by Gasteiger charge is 2.30. The second-order valence-electron chi connectivity index (χ2n) is 18.6. The molecule has 6 heteroatoms. The highest BCUT2D eigenvalue weighted by molar-refractivity contribution is 5.50. The maximum absolute atomic E-state index is 6.56. The first kappa shape index (κ1) is 38.7. The lowest BCUT2D eigenvalue weighted by molar-refractivity contribution is 0.00770. The molecule has 0 bridgehead atoms. The van der Waals surface area contributed by atoms with Crippen LogP contribution in [-0.2, 0) is 9.47 Å².